The summed E-state index contributed by atoms with van der Waals surface area (Å²) in [7, 11) is -7.37. The van der Waals surface area contributed by atoms with Crippen LogP contribution in [0, 0.1) is 0 Å². The van der Waals surface area contributed by atoms with E-state index in [2.05, 4.69) is 14.4 Å². The van der Waals surface area contributed by atoms with Gasteiger partial charge in [0.2, 0.25) is 10.0 Å². The fourth-order valence-corrected chi connectivity index (χ4v) is 4.89. The Morgan fingerprint density at radius 3 is 2.82 bits per heavy atom. The number of allylic oxidation sites excluding steroid dienone is 2. The Bertz CT molecular complexity index is 1090. The van der Waals surface area contributed by atoms with E-state index >= 15 is 0 Å². The highest BCUT2D eigenvalue weighted by atomic mass is 35.5. The average molecular weight is 445 g/mol. The first kappa shape index (κ1) is 20.5. The number of fused-ring (bicyclic) bond motifs is 1. The summed E-state index contributed by atoms with van der Waals surface area (Å²) in [5.41, 5.74) is 0.100. The van der Waals surface area contributed by atoms with E-state index < -0.39 is 26.0 Å². The van der Waals surface area contributed by atoms with Crippen LogP contribution in [0.15, 0.2) is 57.5 Å². The quantitative estimate of drug-likeness (QED) is 0.605. The molecule has 0 fully saturated rings. The third-order valence-corrected chi connectivity index (χ3v) is 6.75. The van der Waals surface area contributed by atoms with E-state index in [9.17, 15) is 21.6 Å². The van der Waals surface area contributed by atoms with E-state index in [-0.39, 0.29) is 41.7 Å². The summed E-state index contributed by atoms with van der Waals surface area (Å²) in [5.74, 6) is -0.612. The SMILES string of the molecule is O=C(NCCNS(=O)(=O)c1cccc(Cl)c1)C1=CC=CN2CCS(=O)(=O)N=C12. The van der Waals surface area contributed by atoms with Crippen LogP contribution in [0.25, 0.3) is 0 Å². The molecule has 1 aromatic rings. The molecular formula is C16H17ClN4O5S2. The van der Waals surface area contributed by atoms with Crippen molar-refractivity contribution in [1.82, 2.24) is 14.9 Å². The molecule has 9 nitrogen and oxygen atoms in total. The molecule has 0 atom stereocenters. The largest absolute Gasteiger partial charge is 0.351 e. The molecule has 1 amide bonds. The Morgan fingerprint density at radius 2 is 2.07 bits per heavy atom. The molecule has 0 unspecified atom stereocenters. The minimum Gasteiger partial charge on any atom is -0.351 e. The van der Waals surface area contributed by atoms with E-state index in [1.807, 2.05) is 0 Å². The van der Waals surface area contributed by atoms with Crippen molar-refractivity contribution in [3.8, 4) is 0 Å². The monoisotopic (exact) mass is 444 g/mol. The van der Waals surface area contributed by atoms with Crippen LogP contribution in [0.5, 0.6) is 0 Å². The molecule has 2 N–H and O–H groups in total. The van der Waals surface area contributed by atoms with Gasteiger partial charge in [-0.15, -0.1) is 4.40 Å². The minimum absolute atomic E-state index is 0.000284. The van der Waals surface area contributed by atoms with E-state index in [1.54, 1.807) is 23.2 Å². The Hall–Kier alpha value is -2.21. The van der Waals surface area contributed by atoms with Crippen LogP contribution in [0.4, 0.5) is 0 Å². The number of nitrogens with one attached hydrogen (secondary N) is 2. The lowest BCUT2D eigenvalue weighted by Gasteiger charge is -2.28. The molecule has 28 heavy (non-hydrogen) atoms. The Morgan fingerprint density at radius 1 is 1.29 bits per heavy atom. The molecule has 150 valence electrons. The number of rotatable bonds is 6. The maximum atomic E-state index is 12.4. The number of amides is 1. The minimum atomic E-state index is -3.76. The molecule has 0 saturated carbocycles. The van der Waals surface area contributed by atoms with Gasteiger partial charge in [0.05, 0.1) is 16.2 Å². The lowest BCUT2D eigenvalue weighted by Crippen LogP contribution is -2.43. The number of hydrogen-bond acceptors (Lipinski definition) is 6. The first-order valence-corrected chi connectivity index (χ1v) is 11.7. The number of halogens is 1. The summed E-state index contributed by atoms with van der Waals surface area (Å²) >= 11 is 5.80. The van der Waals surface area contributed by atoms with Crippen molar-refractivity contribution in [1.29, 1.82) is 0 Å². The normalized spacial score (nSPS) is 18.1. The van der Waals surface area contributed by atoms with Gasteiger partial charge < -0.3 is 10.2 Å². The van der Waals surface area contributed by atoms with E-state index in [0.29, 0.717) is 5.02 Å². The van der Waals surface area contributed by atoms with Gasteiger partial charge >= 0.3 is 0 Å². The summed E-state index contributed by atoms with van der Waals surface area (Å²) in [5, 5.41) is 2.84. The van der Waals surface area contributed by atoms with Crippen LogP contribution in [-0.2, 0) is 24.8 Å². The van der Waals surface area contributed by atoms with Crippen LogP contribution in [0.1, 0.15) is 0 Å². The number of sulfonamides is 2. The Balaban J connectivity index is 1.59. The topological polar surface area (TPSA) is 125 Å². The van der Waals surface area contributed by atoms with Gasteiger partial charge in [-0.3, -0.25) is 4.79 Å². The summed E-state index contributed by atoms with van der Waals surface area (Å²) in [6, 6.07) is 5.80. The summed E-state index contributed by atoms with van der Waals surface area (Å²) in [6.07, 6.45) is 4.72. The predicted molar refractivity (Wildman–Crippen MR) is 105 cm³/mol. The number of carbonyl (C=O) groups excluding carboxylic acids is 1. The number of hydrogen-bond donors (Lipinski definition) is 2. The molecule has 1 aromatic carbocycles. The highest BCUT2D eigenvalue weighted by molar-refractivity contribution is 7.90. The first-order valence-electron chi connectivity index (χ1n) is 8.19. The first-order chi connectivity index (χ1) is 13.2. The van der Waals surface area contributed by atoms with Crippen molar-refractivity contribution in [3.63, 3.8) is 0 Å². The number of carbonyl (C=O) groups is 1. The highest BCUT2D eigenvalue weighted by Crippen LogP contribution is 2.18. The third kappa shape index (κ3) is 4.79. The number of amidine groups is 1. The van der Waals surface area contributed by atoms with Crippen molar-refractivity contribution in [2.24, 2.45) is 4.40 Å². The van der Waals surface area contributed by atoms with Gasteiger partial charge in [0.15, 0.2) is 5.84 Å². The average Bonchev–Trinajstić information content (AvgIpc) is 2.64. The van der Waals surface area contributed by atoms with Gasteiger partial charge in [-0.1, -0.05) is 17.7 Å². The maximum Gasteiger partial charge on any atom is 0.256 e. The van der Waals surface area contributed by atoms with Gasteiger partial charge in [0, 0.05) is 30.9 Å². The third-order valence-electron chi connectivity index (χ3n) is 3.91. The molecule has 3 rings (SSSR count). The van der Waals surface area contributed by atoms with Crippen LogP contribution in [0.2, 0.25) is 5.02 Å². The Labute approximate surface area is 167 Å². The van der Waals surface area contributed by atoms with Gasteiger partial charge in [0.25, 0.3) is 15.9 Å². The zero-order valence-electron chi connectivity index (χ0n) is 14.5. The standard InChI is InChI=1S/C16H17ClN4O5S2/c17-12-3-1-4-13(11-12)28(25,26)19-7-6-18-16(22)14-5-2-8-21-9-10-27(23,24)20-15(14)21/h1-5,8,11,19H,6-7,9-10H2,(H,18,22). The molecule has 0 radical (unpaired) electrons. The van der Waals surface area contributed by atoms with E-state index in [0.717, 1.165) is 0 Å². The molecule has 2 aliphatic heterocycles. The zero-order chi connectivity index (χ0) is 20.4. The molecule has 0 aromatic heterocycles. The second-order valence-electron chi connectivity index (χ2n) is 5.93. The van der Waals surface area contributed by atoms with E-state index in [4.69, 9.17) is 11.6 Å². The van der Waals surface area contributed by atoms with Crippen LogP contribution in [0.3, 0.4) is 0 Å². The molecule has 0 bridgehead atoms. The maximum absolute atomic E-state index is 12.4. The second kappa shape index (κ2) is 8.03. The molecule has 2 aliphatic rings. The Kier molecular flexibility index (Phi) is 5.89. The molecule has 12 heteroatoms. The predicted octanol–water partition coefficient (Wildman–Crippen LogP) is 0.232. The second-order valence-corrected chi connectivity index (χ2v) is 9.89. The van der Waals surface area contributed by atoms with Crippen molar-refractivity contribution in [2.75, 3.05) is 25.4 Å². The summed E-state index contributed by atoms with van der Waals surface area (Å²) < 4.78 is 53.9. The lowest BCUT2D eigenvalue weighted by atomic mass is 10.1. The van der Waals surface area contributed by atoms with Crippen LogP contribution < -0.4 is 10.0 Å². The molecule has 2 heterocycles. The fraction of sp³-hybridized carbons (Fsp3) is 0.250. The lowest BCUT2D eigenvalue weighted by molar-refractivity contribution is -0.117. The van der Waals surface area contributed by atoms with Gasteiger partial charge in [0.1, 0.15) is 0 Å². The number of nitrogens with zero attached hydrogens (tertiary/aromatic N) is 2. The zero-order valence-corrected chi connectivity index (χ0v) is 16.9. The summed E-state index contributed by atoms with van der Waals surface area (Å²) in [6.45, 7) is 0.152. The van der Waals surface area contributed by atoms with Crippen molar-refractivity contribution in [3.05, 3.63) is 53.2 Å². The van der Waals surface area contributed by atoms with Crippen LogP contribution >= 0.6 is 11.6 Å². The summed E-state index contributed by atoms with van der Waals surface area (Å²) in [4.78, 5) is 14.0. The van der Waals surface area contributed by atoms with Crippen molar-refractivity contribution >= 4 is 43.4 Å². The highest BCUT2D eigenvalue weighted by Gasteiger charge is 2.29. The molecule has 0 saturated heterocycles. The molecule has 0 spiro atoms. The number of benzene rings is 1. The molecule has 0 aliphatic carbocycles. The van der Waals surface area contributed by atoms with Gasteiger partial charge in [-0.2, -0.15) is 0 Å². The van der Waals surface area contributed by atoms with Crippen molar-refractivity contribution in [2.45, 2.75) is 4.90 Å². The van der Waals surface area contributed by atoms with Crippen LogP contribution in [-0.4, -0.2) is 58.9 Å². The van der Waals surface area contributed by atoms with Crippen molar-refractivity contribution < 1.29 is 21.6 Å². The van der Waals surface area contributed by atoms with Gasteiger partial charge in [-0.25, -0.2) is 21.6 Å². The van der Waals surface area contributed by atoms with E-state index in [1.165, 1.54) is 24.3 Å². The van der Waals surface area contributed by atoms with Gasteiger partial charge in [-0.05, 0) is 30.4 Å². The fourth-order valence-electron chi connectivity index (χ4n) is 2.57. The molecular weight excluding hydrogens is 428 g/mol. The smallest absolute Gasteiger partial charge is 0.256 e.